The van der Waals surface area contributed by atoms with Crippen LogP contribution in [0.3, 0.4) is 0 Å². The van der Waals surface area contributed by atoms with E-state index in [0.717, 1.165) is 18.5 Å². The number of carbonyl (C=O) groups is 2. The van der Waals surface area contributed by atoms with Crippen molar-refractivity contribution in [1.82, 2.24) is 15.2 Å². The van der Waals surface area contributed by atoms with Crippen molar-refractivity contribution in [1.29, 1.82) is 0 Å². The van der Waals surface area contributed by atoms with Crippen LogP contribution in [0.5, 0.6) is 5.75 Å². The number of carbonyl (C=O) groups excluding carboxylic acids is 1. The zero-order chi connectivity index (χ0) is 28.9. The average molecular weight is 623 g/mol. The number of hydrogen-bond donors (Lipinski definition) is 3. The maximum absolute atomic E-state index is 13.4. The highest BCUT2D eigenvalue weighted by Crippen LogP contribution is 2.38. The monoisotopic (exact) mass is 621 g/mol. The fraction of sp³-hybridized carbons (Fsp3) is 0.367. The van der Waals surface area contributed by atoms with Gasteiger partial charge in [0.15, 0.2) is 0 Å². The van der Waals surface area contributed by atoms with Gasteiger partial charge < -0.3 is 25.2 Å². The summed E-state index contributed by atoms with van der Waals surface area (Å²) in [6.45, 7) is 1.34. The first-order valence-corrected chi connectivity index (χ1v) is 13.9. The number of carboxylic acid groups (broad SMARTS) is 1. The lowest BCUT2D eigenvalue weighted by Crippen LogP contribution is -2.57. The van der Waals surface area contributed by atoms with Gasteiger partial charge in [-0.3, -0.25) is 4.79 Å². The molecule has 0 spiro atoms. The predicted octanol–water partition coefficient (Wildman–Crippen LogP) is 5.96. The van der Waals surface area contributed by atoms with Gasteiger partial charge >= 0.3 is 5.97 Å². The fourth-order valence-corrected chi connectivity index (χ4v) is 5.21. The molecule has 0 bridgehead atoms. The molecule has 41 heavy (non-hydrogen) atoms. The van der Waals surface area contributed by atoms with Crippen molar-refractivity contribution >= 4 is 47.5 Å². The Morgan fingerprint density at radius 3 is 2.41 bits per heavy atom. The smallest absolute Gasteiger partial charge is 0.329 e. The van der Waals surface area contributed by atoms with E-state index in [1.807, 2.05) is 32.3 Å². The first-order chi connectivity index (χ1) is 19.1. The zero-order valence-corrected chi connectivity index (χ0v) is 25.2. The van der Waals surface area contributed by atoms with Gasteiger partial charge in [-0.25, -0.2) is 9.78 Å². The van der Waals surface area contributed by atoms with Crippen LogP contribution in [0.1, 0.15) is 42.6 Å². The molecular weight excluding hydrogens is 589 g/mol. The van der Waals surface area contributed by atoms with Crippen molar-refractivity contribution in [2.45, 2.75) is 43.7 Å². The minimum atomic E-state index is -1.46. The fourth-order valence-electron chi connectivity index (χ4n) is 4.80. The number of nitrogens with one attached hydrogen (secondary N) is 1. The van der Waals surface area contributed by atoms with Crippen LogP contribution in [0.25, 0.3) is 22.4 Å². The topological polar surface area (TPSA) is 112 Å². The standard InChI is InChI=1S/C30H33Cl2N3O5.ClH/c1-35(2)16-5-17-40-26-18-19(8-10-24(26)32)27-22(21-6-3-4-7-23(21)31)9-11-25(33-27)28(37)34-30(29(38)39)14-12-20(36)13-15-30;/h3-4,6-11,18,20,36H,5,12-17H2,1-2H3,(H,34,37)(H,38,39);1H. The zero-order valence-electron chi connectivity index (χ0n) is 22.9. The third-order valence-electron chi connectivity index (χ3n) is 7.07. The maximum atomic E-state index is 13.4. The van der Waals surface area contributed by atoms with Crippen LogP contribution < -0.4 is 10.1 Å². The van der Waals surface area contributed by atoms with Crippen LogP contribution in [0, 0.1) is 0 Å². The number of rotatable bonds is 10. The molecule has 1 aromatic heterocycles. The molecule has 1 aliphatic rings. The molecule has 4 rings (SSSR count). The van der Waals surface area contributed by atoms with E-state index in [1.54, 1.807) is 36.4 Å². The molecule has 1 aliphatic carbocycles. The lowest BCUT2D eigenvalue weighted by atomic mass is 9.80. The molecule has 0 radical (unpaired) electrons. The van der Waals surface area contributed by atoms with Gasteiger partial charge in [-0.1, -0.05) is 47.5 Å². The highest BCUT2D eigenvalue weighted by molar-refractivity contribution is 6.33. The summed E-state index contributed by atoms with van der Waals surface area (Å²) in [6.07, 6.45) is 1.08. The van der Waals surface area contributed by atoms with E-state index in [1.165, 1.54) is 0 Å². The van der Waals surface area contributed by atoms with Crippen molar-refractivity contribution in [2.75, 3.05) is 27.2 Å². The first-order valence-electron chi connectivity index (χ1n) is 13.2. The Morgan fingerprint density at radius 1 is 1.05 bits per heavy atom. The SMILES string of the molecule is CN(C)CCCOc1cc(-c2nc(C(=O)NC3(C(=O)O)CCC(O)CC3)ccc2-c2ccccc2Cl)ccc1Cl.Cl. The third-order valence-corrected chi connectivity index (χ3v) is 7.72. The third kappa shape index (κ3) is 7.90. The minimum absolute atomic E-state index is 0. The Hall–Kier alpha value is -2.88. The summed E-state index contributed by atoms with van der Waals surface area (Å²) in [5, 5.41) is 23.5. The van der Waals surface area contributed by atoms with E-state index in [2.05, 4.69) is 10.2 Å². The predicted molar refractivity (Wildman–Crippen MR) is 163 cm³/mol. The number of halogens is 3. The van der Waals surface area contributed by atoms with E-state index in [0.29, 0.717) is 52.1 Å². The van der Waals surface area contributed by atoms with Gasteiger partial charge in [-0.2, -0.15) is 0 Å². The van der Waals surface area contributed by atoms with Crippen LogP contribution in [0.2, 0.25) is 10.0 Å². The Kier molecular flexibility index (Phi) is 11.4. The molecule has 11 heteroatoms. The molecule has 1 amide bonds. The van der Waals surface area contributed by atoms with Crippen molar-refractivity contribution < 1.29 is 24.5 Å². The molecule has 8 nitrogen and oxygen atoms in total. The summed E-state index contributed by atoms with van der Waals surface area (Å²) in [4.78, 5) is 32.3. The molecule has 0 atom stereocenters. The molecule has 1 heterocycles. The van der Waals surface area contributed by atoms with Gasteiger partial charge in [0.05, 0.1) is 23.4 Å². The second-order valence-electron chi connectivity index (χ2n) is 10.3. The number of amides is 1. The van der Waals surface area contributed by atoms with Crippen molar-refractivity contribution in [3.8, 4) is 28.1 Å². The van der Waals surface area contributed by atoms with Crippen molar-refractivity contribution in [2.24, 2.45) is 0 Å². The van der Waals surface area contributed by atoms with E-state index < -0.39 is 23.5 Å². The summed E-state index contributed by atoms with van der Waals surface area (Å²) >= 11 is 13.0. The number of aliphatic hydroxyl groups is 1. The molecule has 2 aromatic carbocycles. The van der Waals surface area contributed by atoms with Gasteiger partial charge in [0.25, 0.3) is 5.91 Å². The number of aliphatic carboxylic acids is 1. The molecule has 3 aromatic rings. The molecule has 1 saturated carbocycles. The molecular formula is C30H34Cl3N3O5. The number of aromatic nitrogens is 1. The lowest BCUT2D eigenvalue weighted by molar-refractivity contribution is -0.146. The first kappa shape index (κ1) is 32.6. The summed E-state index contributed by atoms with van der Waals surface area (Å²) in [5.41, 5.74) is 1.14. The van der Waals surface area contributed by atoms with Gasteiger partial charge in [0.2, 0.25) is 0 Å². The molecule has 0 saturated heterocycles. The quantitative estimate of drug-likeness (QED) is 0.239. The van der Waals surface area contributed by atoms with Gasteiger partial charge in [0.1, 0.15) is 17.0 Å². The molecule has 0 unspecified atom stereocenters. The lowest BCUT2D eigenvalue weighted by Gasteiger charge is -2.35. The minimum Gasteiger partial charge on any atom is -0.492 e. The summed E-state index contributed by atoms with van der Waals surface area (Å²) < 4.78 is 5.97. The van der Waals surface area contributed by atoms with Gasteiger partial charge in [-0.05, 0) is 76.5 Å². The molecule has 1 fully saturated rings. The average Bonchev–Trinajstić information content (AvgIpc) is 2.93. The Morgan fingerprint density at radius 2 is 1.76 bits per heavy atom. The van der Waals surface area contributed by atoms with Crippen LogP contribution in [0.15, 0.2) is 54.6 Å². The van der Waals surface area contributed by atoms with E-state index in [9.17, 15) is 19.8 Å². The number of pyridine rings is 1. The van der Waals surface area contributed by atoms with Gasteiger partial charge in [0, 0.05) is 28.3 Å². The number of carboxylic acids is 1. The van der Waals surface area contributed by atoms with Crippen LogP contribution in [0.4, 0.5) is 0 Å². The van der Waals surface area contributed by atoms with Crippen LogP contribution in [-0.2, 0) is 4.79 Å². The van der Waals surface area contributed by atoms with E-state index in [4.69, 9.17) is 32.9 Å². The van der Waals surface area contributed by atoms with E-state index >= 15 is 0 Å². The van der Waals surface area contributed by atoms with Crippen molar-refractivity contribution in [3.63, 3.8) is 0 Å². The number of aliphatic hydroxyl groups excluding tert-OH is 1. The molecule has 220 valence electrons. The summed E-state index contributed by atoms with van der Waals surface area (Å²) in [6, 6.07) is 15.9. The Bertz CT molecular complexity index is 1380. The molecule has 3 N–H and O–H groups in total. The molecule has 0 aliphatic heterocycles. The number of ether oxygens (including phenoxy) is 1. The van der Waals surface area contributed by atoms with Crippen molar-refractivity contribution in [3.05, 3.63) is 70.3 Å². The van der Waals surface area contributed by atoms with Crippen LogP contribution in [-0.4, -0.2) is 70.9 Å². The summed E-state index contributed by atoms with van der Waals surface area (Å²) in [7, 11) is 3.99. The largest absolute Gasteiger partial charge is 0.492 e. The Labute approximate surface area is 256 Å². The maximum Gasteiger partial charge on any atom is 0.329 e. The second kappa shape index (κ2) is 14.3. The summed E-state index contributed by atoms with van der Waals surface area (Å²) in [5.74, 6) is -1.25. The number of hydrogen-bond acceptors (Lipinski definition) is 6. The number of benzene rings is 2. The highest BCUT2D eigenvalue weighted by Gasteiger charge is 2.43. The normalized spacial score (nSPS) is 18.4. The van der Waals surface area contributed by atoms with E-state index in [-0.39, 0.29) is 30.9 Å². The highest BCUT2D eigenvalue weighted by atomic mass is 35.5. The van der Waals surface area contributed by atoms with Gasteiger partial charge in [-0.15, -0.1) is 12.4 Å². The Balaban J connectivity index is 0.00000462. The number of nitrogens with zero attached hydrogens (tertiary/aromatic N) is 2. The van der Waals surface area contributed by atoms with Crippen LogP contribution >= 0.6 is 35.6 Å². The second-order valence-corrected chi connectivity index (χ2v) is 11.1.